The van der Waals surface area contributed by atoms with E-state index in [1.165, 1.54) is 10.7 Å². The van der Waals surface area contributed by atoms with E-state index in [0.29, 0.717) is 18.7 Å². The Labute approximate surface area is 201 Å². The number of sulfonamides is 1. The molecule has 3 aliphatic rings. The Morgan fingerprint density at radius 3 is 2.21 bits per heavy atom. The summed E-state index contributed by atoms with van der Waals surface area (Å²) in [5, 5.41) is 13.4. The highest BCUT2D eigenvalue weighted by molar-refractivity contribution is 7.88. The number of hydrogen-bond acceptors (Lipinski definition) is 4. The van der Waals surface area contributed by atoms with E-state index in [9.17, 15) is 18.3 Å². The van der Waals surface area contributed by atoms with Gasteiger partial charge in [-0.25, -0.2) is 13.2 Å². The van der Waals surface area contributed by atoms with Crippen molar-refractivity contribution in [2.75, 3.05) is 19.7 Å². The quantitative estimate of drug-likeness (QED) is 0.661. The van der Waals surface area contributed by atoms with E-state index < -0.39 is 21.6 Å². The molecule has 3 fully saturated rings. The second kappa shape index (κ2) is 9.32. The molecule has 0 radical (unpaired) electrons. The third-order valence-electron chi connectivity index (χ3n) is 7.69. The van der Waals surface area contributed by atoms with E-state index in [1.807, 2.05) is 48.5 Å². The molecule has 7 nitrogen and oxygen atoms in total. The number of nitrogens with zero attached hydrogens (tertiary/aromatic N) is 2. The number of hydrogen-bond donors (Lipinski definition) is 2. The van der Waals surface area contributed by atoms with Gasteiger partial charge in [0.25, 0.3) is 0 Å². The minimum Gasteiger partial charge on any atom is -0.395 e. The average molecular weight is 484 g/mol. The highest BCUT2D eigenvalue weighted by Gasteiger charge is 2.70. The zero-order chi connectivity index (χ0) is 23.8. The van der Waals surface area contributed by atoms with Gasteiger partial charge in [0.1, 0.15) is 0 Å². The molecule has 34 heavy (non-hydrogen) atoms. The van der Waals surface area contributed by atoms with Gasteiger partial charge in [-0.15, -0.1) is 0 Å². The summed E-state index contributed by atoms with van der Waals surface area (Å²) in [5.74, 6) is -0.287. The van der Waals surface area contributed by atoms with Crippen molar-refractivity contribution in [3.63, 3.8) is 0 Å². The SMILES string of the molecule is O=C(NC1CCCCC1)N1CC2(C1)[C@H](c1ccccc1)[C@@H](CO)N2S(=O)(=O)Cc1ccccc1. The number of urea groups is 1. The van der Waals surface area contributed by atoms with Crippen molar-refractivity contribution in [1.82, 2.24) is 14.5 Å². The van der Waals surface area contributed by atoms with Gasteiger partial charge in [-0.1, -0.05) is 79.9 Å². The summed E-state index contributed by atoms with van der Waals surface area (Å²) in [4.78, 5) is 14.7. The molecule has 2 N–H and O–H groups in total. The molecule has 2 aliphatic heterocycles. The molecule has 8 heteroatoms. The van der Waals surface area contributed by atoms with Crippen LogP contribution in [0, 0.1) is 0 Å². The Morgan fingerprint density at radius 1 is 0.971 bits per heavy atom. The van der Waals surface area contributed by atoms with Gasteiger partial charge in [0, 0.05) is 25.0 Å². The topological polar surface area (TPSA) is 90.0 Å². The lowest BCUT2D eigenvalue weighted by Gasteiger charge is -2.69. The highest BCUT2D eigenvalue weighted by Crippen LogP contribution is 2.55. The summed E-state index contributed by atoms with van der Waals surface area (Å²) < 4.78 is 28.8. The molecule has 2 saturated heterocycles. The first kappa shape index (κ1) is 23.3. The van der Waals surface area contributed by atoms with Crippen molar-refractivity contribution >= 4 is 16.1 Å². The monoisotopic (exact) mass is 483 g/mol. The molecule has 2 atom stereocenters. The van der Waals surface area contributed by atoms with Gasteiger partial charge in [0.15, 0.2) is 0 Å². The molecule has 1 saturated carbocycles. The third kappa shape index (κ3) is 4.12. The molecule has 5 rings (SSSR count). The first-order valence-electron chi connectivity index (χ1n) is 12.2. The number of amides is 2. The van der Waals surface area contributed by atoms with E-state index in [2.05, 4.69) is 5.32 Å². The van der Waals surface area contributed by atoms with Crippen LogP contribution in [-0.4, -0.2) is 66.1 Å². The Kier molecular flexibility index (Phi) is 6.39. The van der Waals surface area contributed by atoms with Crippen molar-refractivity contribution < 1.29 is 18.3 Å². The summed E-state index contributed by atoms with van der Waals surface area (Å²) in [6, 6.07) is 18.4. The molecule has 2 amide bonds. The Bertz CT molecular complexity index is 1100. The van der Waals surface area contributed by atoms with Gasteiger partial charge in [-0.2, -0.15) is 4.31 Å². The number of rotatable bonds is 6. The lowest BCUT2D eigenvalue weighted by atomic mass is 9.63. The maximum Gasteiger partial charge on any atom is 0.317 e. The Morgan fingerprint density at radius 2 is 1.59 bits per heavy atom. The van der Waals surface area contributed by atoms with Crippen LogP contribution in [0.25, 0.3) is 0 Å². The Hall–Kier alpha value is -2.42. The standard InChI is InChI=1S/C26H33N3O4S/c30-16-23-24(21-12-6-2-7-13-21)26(29(23)34(32,33)17-20-10-4-1-5-11-20)18-28(19-26)25(31)27-22-14-8-3-9-15-22/h1-2,4-7,10-13,22-24,30H,3,8-9,14-19H2,(H,27,31)/t23-,24-/m1/s1. The minimum absolute atomic E-state index is 0.114. The molecule has 0 bridgehead atoms. The predicted octanol–water partition coefficient (Wildman–Crippen LogP) is 3.07. The van der Waals surface area contributed by atoms with E-state index in [-0.39, 0.29) is 30.4 Å². The van der Waals surface area contributed by atoms with Crippen LogP contribution in [0.1, 0.15) is 49.1 Å². The first-order valence-corrected chi connectivity index (χ1v) is 13.8. The van der Waals surface area contributed by atoms with Crippen LogP contribution in [0.4, 0.5) is 4.79 Å². The predicted molar refractivity (Wildman–Crippen MR) is 131 cm³/mol. The van der Waals surface area contributed by atoms with Crippen LogP contribution >= 0.6 is 0 Å². The number of benzene rings is 2. The van der Waals surface area contributed by atoms with Gasteiger partial charge in [0.05, 0.1) is 23.9 Å². The molecule has 182 valence electrons. The van der Waals surface area contributed by atoms with Gasteiger partial charge in [-0.3, -0.25) is 0 Å². The van der Waals surface area contributed by atoms with E-state index in [1.54, 1.807) is 17.0 Å². The lowest BCUT2D eigenvalue weighted by Crippen LogP contribution is -2.86. The number of aliphatic hydroxyl groups is 1. The molecule has 2 aromatic rings. The molecule has 1 aliphatic carbocycles. The maximum atomic E-state index is 13.6. The van der Waals surface area contributed by atoms with Crippen molar-refractivity contribution in [3.8, 4) is 0 Å². The molecule has 2 aromatic carbocycles. The number of likely N-dealkylation sites (tertiary alicyclic amines) is 1. The average Bonchev–Trinajstić information content (AvgIpc) is 2.79. The van der Waals surface area contributed by atoms with Crippen molar-refractivity contribution in [1.29, 1.82) is 0 Å². The van der Waals surface area contributed by atoms with Crippen LogP contribution in [0.2, 0.25) is 0 Å². The number of nitrogens with one attached hydrogen (secondary N) is 1. The second-order valence-corrected chi connectivity index (χ2v) is 11.8. The summed E-state index contributed by atoms with van der Waals surface area (Å²) in [6.45, 7) is 0.398. The lowest BCUT2D eigenvalue weighted by molar-refractivity contribution is -0.126. The van der Waals surface area contributed by atoms with Gasteiger partial charge in [-0.05, 0) is 24.0 Å². The summed E-state index contributed by atoms with van der Waals surface area (Å²) >= 11 is 0. The summed E-state index contributed by atoms with van der Waals surface area (Å²) in [6.07, 6.45) is 5.49. The van der Waals surface area contributed by atoms with Crippen LogP contribution in [0.15, 0.2) is 60.7 Å². The molecular formula is C26H33N3O4S. The van der Waals surface area contributed by atoms with Gasteiger partial charge >= 0.3 is 6.03 Å². The van der Waals surface area contributed by atoms with Gasteiger partial charge < -0.3 is 15.3 Å². The summed E-state index contributed by atoms with van der Waals surface area (Å²) in [7, 11) is -3.71. The van der Waals surface area contributed by atoms with Gasteiger partial charge in [0.2, 0.25) is 10.0 Å². The van der Waals surface area contributed by atoms with Crippen molar-refractivity contribution in [2.45, 2.75) is 61.4 Å². The van der Waals surface area contributed by atoms with E-state index >= 15 is 0 Å². The number of aliphatic hydroxyl groups excluding tert-OH is 1. The number of carbonyl (C=O) groups is 1. The zero-order valence-corrected chi connectivity index (χ0v) is 20.2. The minimum atomic E-state index is -3.71. The fourth-order valence-corrected chi connectivity index (χ4v) is 8.33. The van der Waals surface area contributed by atoms with E-state index in [4.69, 9.17) is 0 Å². The molecule has 0 unspecified atom stereocenters. The maximum absolute atomic E-state index is 13.6. The fourth-order valence-electron chi connectivity index (χ4n) is 6.20. The van der Waals surface area contributed by atoms with Crippen molar-refractivity contribution in [3.05, 3.63) is 71.8 Å². The molecular weight excluding hydrogens is 450 g/mol. The normalized spacial score (nSPS) is 24.9. The zero-order valence-electron chi connectivity index (χ0n) is 19.3. The second-order valence-electron chi connectivity index (χ2n) is 9.92. The van der Waals surface area contributed by atoms with Crippen LogP contribution in [-0.2, 0) is 15.8 Å². The highest BCUT2D eigenvalue weighted by atomic mass is 32.2. The molecule has 2 heterocycles. The Balaban J connectivity index is 1.40. The van der Waals surface area contributed by atoms with Crippen molar-refractivity contribution in [2.24, 2.45) is 0 Å². The molecule has 0 aromatic heterocycles. The van der Waals surface area contributed by atoms with Crippen LogP contribution in [0.5, 0.6) is 0 Å². The smallest absolute Gasteiger partial charge is 0.317 e. The third-order valence-corrected chi connectivity index (χ3v) is 9.62. The van der Waals surface area contributed by atoms with Crippen LogP contribution in [0.3, 0.4) is 0 Å². The van der Waals surface area contributed by atoms with E-state index in [0.717, 1.165) is 31.2 Å². The first-order chi connectivity index (χ1) is 16.4. The fraction of sp³-hybridized carbons (Fsp3) is 0.500. The molecule has 1 spiro atoms. The largest absolute Gasteiger partial charge is 0.395 e. The number of carbonyl (C=O) groups excluding carboxylic acids is 1. The summed E-state index contributed by atoms with van der Waals surface area (Å²) in [5.41, 5.74) is 0.982. The van der Waals surface area contributed by atoms with Crippen LogP contribution < -0.4 is 5.32 Å².